The van der Waals surface area contributed by atoms with Crippen LogP contribution in [0.2, 0.25) is 0 Å². The molecule has 110 valence electrons. The Balaban J connectivity index is 3.13. The van der Waals surface area contributed by atoms with Crippen LogP contribution in [-0.4, -0.2) is 23.9 Å². The van der Waals surface area contributed by atoms with Crippen molar-refractivity contribution < 1.29 is 9.72 Å². The molecule has 20 heavy (non-hydrogen) atoms. The largest absolute Gasteiger partial charge is 0.377 e. The van der Waals surface area contributed by atoms with Crippen LogP contribution < -0.4 is 10.6 Å². The average Bonchev–Trinajstić information content (AvgIpc) is 2.43. The minimum atomic E-state index is -0.470. The van der Waals surface area contributed by atoms with E-state index < -0.39 is 4.92 Å². The molecule has 1 amide bonds. The Hall–Kier alpha value is -2.11. The van der Waals surface area contributed by atoms with E-state index in [0.29, 0.717) is 11.6 Å². The summed E-state index contributed by atoms with van der Waals surface area (Å²) in [6, 6.07) is 4.63. The molecular weight excluding hydrogens is 258 g/mol. The predicted molar refractivity (Wildman–Crippen MR) is 79.0 cm³/mol. The predicted octanol–water partition coefficient (Wildman–Crippen LogP) is 2.80. The summed E-state index contributed by atoms with van der Waals surface area (Å²) in [6.45, 7) is 6.15. The van der Waals surface area contributed by atoms with E-state index in [9.17, 15) is 14.9 Å². The van der Waals surface area contributed by atoms with Gasteiger partial charge >= 0.3 is 0 Å². The number of anilines is 1. The second kappa shape index (κ2) is 6.88. The average molecular weight is 279 g/mol. The van der Waals surface area contributed by atoms with Crippen LogP contribution in [0.3, 0.4) is 0 Å². The Morgan fingerprint density at radius 2 is 2.05 bits per heavy atom. The monoisotopic (exact) mass is 279 g/mol. The Morgan fingerprint density at radius 1 is 1.40 bits per heavy atom. The Morgan fingerprint density at radius 3 is 2.50 bits per heavy atom. The Labute approximate surface area is 118 Å². The van der Waals surface area contributed by atoms with E-state index >= 15 is 0 Å². The van der Waals surface area contributed by atoms with E-state index in [-0.39, 0.29) is 23.2 Å². The lowest BCUT2D eigenvalue weighted by Gasteiger charge is -2.22. The van der Waals surface area contributed by atoms with Gasteiger partial charge in [0.25, 0.3) is 11.6 Å². The zero-order valence-corrected chi connectivity index (χ0v) is 12.3. The quantitative estimate of drug-likeness (QED) is 0.619. The summed E-state index contributed by atoms with van der Waals surface area (Å²) < 4.78 is 0. The molecule has 0 saturated carbocycles. The number of nitrogens with one attached hydrogen (secondary N) is 2. The number of carbonyl (C=O) groups excluding carboxylic acids is 1. The molecule has 1 aromatic carbocycles. The highest BCUT2D eigenvalue weighted by Crippen LogP contribution is 2.27. The summed E-state index contributed by atoms with van der Waals surface area (Å²) >= 11 is 0. The van der Waals surface area contributed by atoms with Gasteiger partial charge in [0.1, 0.15) is 5.69 Å². The lowest BCUT2D eigenvalue weighted by atomic mass is 10.0. The van der Waals surface area contributed by atoms with Crippen molar-refractivity contribution in [2.75, 3.05) is 12.4 Å². The number of hydrogen-bond donors (Lipinski definition) is 2. The number of amides is 1. The maximum absolute atomic E-state index is 11.5. The molecule has 0 aliphatic heterocycles. The number of rotatable bonds is 6. The highest BCUT2D eigenvalue weighted by atomic mass is 16.6. The zero-order valence-electron chi connectivity index (χ0n) is 12.3. The molecule has 0 fully saturated rings. The van der Waals surface area contributed by atoms with Gasteiger partial charge in [-0.2, -0.15) is 0 Å². The van der Waals surface area contributed by atoms with Gasteiger partial charge < -0.3 is 10.6 Å². The maximum atomic E-state index is 11.5. The molecule has 2 N–H and O–H groups in total. The lowest BCUT2D eigenvalue weighted by Crippen LogP contribution is -2.25. The van der Waals surface area contributed by atoms with E-state index in [1.807, 2.05) is 6.92 Å². The Bertz CT molecular complexity index is 500. The van der Waals surface area contributed by atoms with Crippen LogP contribution >= 0.6 is 0 Å². The van der Waals surface area contributed by atoms with Gasteiger partial charge in [-0.1, -0.05) is 20.8 Å². The second-order valence-electron chi connectivity index (χ2n) is 4.97. The number of nitrogens with zero attached hydrogens (tertiary/aromatic N) is 1. The van der Waals surface area contributed by atoms with Crippen LogP contribution in [0.5, 0.6) is 0 Å². The first-order chi connectivity index (χ1) is 9.40. The fraction of sp³-hybridized carbons (Fsp3) is 0.500. The van der Waals surface area contributed by atoms with Crippen LogP contribution in [0.1, 0.15) is 37.6 Å². The summed E-state index contributed by atoms with van der Waals surface area (Å²) in [7, 11) is 1.49. The van der Waals surface area contributed by atoms with E-state index in [0.717, 1.165) is 6.42 Å². The summed E-state index contributed by atoms with van der Waals surface area (Å²) in [5.41, 5.74) is 0.649. The summed E-state index contributed by atoms with van der Waals surface area (Å²) in [5.74, 6) is 0.0220. The molecule has 1 unspecified atom stereocenters. The number of carbonyl (C=O) groups is 1. The SMILES string of the molecule is CCC(Nc1ccc(C(=O)NC)cc1[N+](=O)[O-])C(C)C. The van der Waals surface area contributed by atoms with Gasteiger partial charge in [-0.15, -0.1) is 0 Å². The van der Waals surface area contributed by atoms with Crippen LogP contribution in [-0.2, 0) is 0 Å². The molecule has 1 aromatic rings. The molecule has 0 aromatic heterocycles. The number of nitro benzene ring substituents is 1. The topological polar surface area (TPSA) is 84.3 Å². The standard InChI is InChI=1S/C14H21N3O3/c1-5-11(9(2)3)16-12-7-6-10(14(18)15-4)8-13(12)17(19)20/h6-9,11,16H,5H2,1-4H3,(H,15,18). The van der Waals surface area contributed by atoms with Crippen molar-refractivity contribution in [1.29, 1.82) is 0 Å². The molecule has 0 radical (unpaired) electrons. The van der Waals surface area contributed by atoms with Gasteiger partial charge in [0, 0.05) is 24.7 Å². The highest BCUT2D eigenvalue weighted by molar-refractivity contribution is 5.95. The fourth-order valence-electron chi connectivity index (χ4n) is 2.03. The van der Waals surface area contributed by atoms with Crippen LogP contribution in [0.25, 0.3) is 0 Å². The number of benzene rings is 1. The molecule has 0 heterocycles. The normalized spacial score (nSPS) is 12.1. The van der Waals surface area contributed by atoms with Crippen molar-refractivity contribution in [3.8, 4) is 0 Å². The molecule has 0 aliphatic carbocycles. The first-order valence-corrected chi connectivity index (χ1v) is 6.67. The number of nitro groups is 1. The first-order valence-electron chi connectivity index (χ1n) is 6.67. The smallest absolute Gasteiger partial charge is 0.293 e. The molecule has 0 aliphatic rings. The second-order valence-corrected chi connectivity index (χ2v) is 4.97. The first kappa shape index (κ1) is 15.9. The van der Waals surface area contributed by atoms with Crippen molar-refractivity contribution in [3.63, 3.8) is 0 Å². The van der Waals surface area contributed by atoms with Crippen LogP contribution in [0.4, 0.5) is 11.4 Å². The summed E-state index contributed by atoms with van der Waals surface area (Å²) in [6.07, 6.45) is 0.867. The molecule has 1 atom stereocenters. The van der Waals surface area contributed by atoms with Crippen molar-refractivity contribution >= 4 is 17.3 Å². The third-order valence-corrected chi connectivity index (χ3v) is 3.27. The van der Waals surface area contributed by atoms with Gasteiger partial charge in [-0.25, -0.2) is 0 Å². The molecule has 6 heteroatoms. The fourth-order valence-corrected chi connectivity index (χ4v) is 2.03. The highest BCUT2D eigenvalue weighted by Gasteiger charge is 2.20. The van der Waals surface area contributed by atoms with Crippen LogP contribution in [0, 0.1) is 16.0 Å². The van der Waals surface area contributed by atoms with E-state index in [4.69, 9.17) is 0 Å². The third kappa shape index (κ3) is 3.69. The van der Waals surface area contributed by atoms with Crippen molar-refractivity contribution in [2.45, 2.75) is 33.2 Å². The van der Waals surface area contributed by atoms with E-state index in [2.05, 4.69) is 24.5 Å². The number of hydrogen-bond acceptors (Lipinski definition) is 4. The zero-order chi connectivity index (χ0) is 15.3. The van der Waals surface area contributed by atoms with Gasteiger partial charge in [-0.05, 0) is 24.5 Å². The van der Waals surface area contributed by atoms with Gasteiger partial charge in [-0.3, -0.25) is 14.9 Å². The third-order valence-electron chi connectivity index (χ3n) is 3.27. The van der Waals surface area contributed by atoms with Crippen LogP contribution in [0.15, 0.2) is 18.2 Å². The molecule has 0 spiro atoms. The minimum Gasteiger partial charge on any atom is -0.377 e. The van der Waals surface area contributed by atoms with Gasteiger partial charge in [0.2, 0.25) is 0 Å². The lowest BCUT2D eigenvalue weighted by molar-refractivity contribution is -0.384. The van der Waals surface area contributed by atoms with Crippen molar-refractivity contribution in [1.82, 2.24) is 5.32 Å². The van der Waals surface area contributed by atoms with Gasteiger partial charge in [0.05, 0.1) is 4.92 Å². The van der Waals surface area contributed by atoms with Crippen molar-refractivity contribution in [2.24, 2.45) is 5.92 Å². The summed E-state index contributed by atoms with van der Waals surface area (Å²) in [4.78, 5) is 22.2. The van der Waals surface area contributed by atoms with E-state index in [1.54, 1.807) is 12.1 Å². The minimum absolute atomic E-state index is 0.0785. The van der Waals surface area contributed by atoms with Gasteiger partial charge in [0.15, 0.2) is 0 Å². The molecule has 6 nitrogen and oxygen atoms in total. The van der Waals surface area contributed by atoms with E-state index in [1.165, 1.54) is 13.1 Å². The molecule has 1 rings (SSSR count). The van der Waals surface area contributed by atoms with Crippen molar-refractivity contribution in [3.05, 3.63) is 33.9 Å². The molecule has 0 saturated heterocycles. The molecular formula is C14H21N3O3. The Kier molecular flexibility index (Phi) is 5.49. The maximum Gasteiger partial charge on any atom is 0.293 e. The summed E-state index contributed by atoms with van der Waals surface area (Å²) in [5, 5.41) is 16.8. The molecule has 0 bridgehead atoms.